The van der Waals surface area contributed by atoms with Gasteiger partial charge in [0, 0.05) is 0 Å². The van der Waals surface area contributed by atoms with Crippen LogP contribution in [0.25, 0.3) is 0 Å². The minimum Gasteiger partial charge on any atom is -0.388 e. The molecule has 68 valence electrons. The molecule has 1 fully saturated rings. The van der Waals surface area contributed by atoms with Gasteiger partial charge in [-0.25, -0.2) is 0 Å². The van der Waals surface area contributed by atoms with Crippen LogP contribution < -0.4 is 0 Å². The normalized spacial score (nSPS) is 27.0. The molecule has 1 aliphatic rings. The summed E-state index contributed by atoms with van der Waals surface area (Å²) in [7, 11) is -10.9. The van der Waals surface area contributed by atoms with Gasteiger partial charge in [0.05, 0.1) is 0 Å². The predicted octanol–water partition coefficient (Wildman–Crippen LogP) is -4.02. The van der Waals surface area contributed by atoms with Crippen molar-refractivity contribution in [3.8, 4) is 0 Å². The van der Waals surface area contributed by atoms with Crippen LogP contribution in [-0.4, -0.2) is 57.3 Å². The second kappa shape index (κ2) is 4.69. The molecule has 0 aromatic rings. The van der Waals surface area contributed by atoms with E-state index in [9.17, 15) is 0 Å². The van der Waals surface area contributed by atoms with Crippen LogP contribution in [0.3, 0.4) is 0 Å². The molecule has 0 aliphatic carbocycles. The Balaban J connectivity index is 2.45. The molecule has 0 spiro atoms. The molecule has 0 saturated carbocycles. The minimum absolute atomic E-state index is 2.73. The molecule has 0 unspecified atom stereocenters. The van der Waals surface area contributed by atoms with Gasteiger partial charge in [-0.2, -0.15) is 0 Å². The lowest BCUT2D eigenvalue weighted by atomic mass is 15.6. The van der Waals surface area contributed by atoms with Crippen molar-refractivity contribution in [2.75, 3.05) is 0 Å². The summed E-state index contributed by atoms with van der Waals surface area (Å²) < 4.78 is 17.4. The van der Waals surface area contributed by atoms with Crippen LogP contribution in [0.1, 0.15) is 0 Å². The van der Waals surface area contributed by atoms with E-state index in [0.717, 1.165) is 0 Å². The van der Waals surface area contributed by atoms with Crippen LogP contribution in [0.5, 0.6) is 0 Å². The third-order valence-corrected chi connectivity index (χ3v) is 6.29. The standard InChI is InChI=1S/H4O8Si4/c1-9-5-10(2)7-12(4)8-11(3)6-9/h1-4H. The van der Waals surface area contributed by atoms with Crippen molar-refractivity contribution >= 4 is 38.1 Å². The van der Waals surface area contributed by atoms with Gasteiger partial charge in [0.25, 0.3) is 0 Å². The van der Waals surface area contributed by atoms with Gasteiger partial charge < -0.3 is 35.6 Å². The van der Waals surface area contributed by atoms with E-state index in [2.05, 4.69) is 16.5 Å². The number of rotatable bonds is 0. The maximum Gasteiger partial charge on any atom is 0.558 e. The maximum atomic E-state index is 8.80. The molecule has 0 aromatic carbocycles. The molecular weight excluding hydrogens is 240 g/mol. The Bertz CT molecular complexity index is 99.0. The van der Waals surface area contributed by atoms with E-state index in [1.165, 1.54) is 0 Å². The van der Waals surface area contributed by atoms with E-state index < -0.39 is 38.1 Å². The highest BCUT2D eigenvalue weighted by atomic mass is 28.5. The fraction of sp³-hybridized carbons (Fsp3) is 0. The molecule has 0 aromatic heterocycles. The van der Waals surface area contributed by atoms with Crippen LogP contribution in [0.15, 0.2) is 0 Å². The molecule has 12 heavy (non-hydrogen) atoms. The van der Waals surface area contributed by atoms with Crippen molar-refractivity contribution in [2.24, 2.45) is 0 Å². The Morgan fingerprint density at radius 1 is 0.500 bits per heavy atom. The molecule has 4 radical (unpaired) electrons. The molecule has 1 saturated heterocycles. The summed E-state index contributed by atoms with van der Waals surface area (Å²) in [6, 6.07) is 0. The lowest BCUT2D eigenvalue weighted by molar-refractivity contribution is 0.133. The zero-order chi connectivity index (χ0) is 9.14. The Hall–Kier alpha value is 0.548. The third kappa shape index (κ3) is 3.51. The average Bonchev–Trinajstić information content (AvgIpc) is 1.81. The molecule has 1 rings (SSSR count). The van der Waals surface area contributed by atoms with Crippen molar-refractivity contribution in [2.45, 2.75) is 0 Å². The highest BCUT2D eigenvalue weighted by molar-refractivity contribution is 6.65. The highest BCUT2D eigenvalue weighted by Gasteiger charge is 2.38. The summed E-state index contributed by atoms with van der Waals surface area (Å²) in [5, 5.41) is 0. The lowest BCUT2D eigenvalue weighted by Crippen LogP contribution is -2.49. The van der Waals surface area contributed by atoms with E-state index in [1.807, 2.05) is 0 Å². The summed E-state index contributed by atoms with van der Waals surface area (Å²) in [5.74, 6) is 0. The highest BCUT2D eigenvalue weighted by Crippen LogP contribution is 2.00. The number of hydrogen-bond donors (Lipinski definition) is 4. The first-order valence-electron chi connectivity index (χ1n) is 2.53. The minimum atomic E-state index is -2.73. The van der Waals surface area contributed by atoms with Crippen molar-refractivity contribution < 1.29 is 35.6 Å². The topological polar surface area (TPSA) is 118 Å². The molecule has 0 atom stereocenters. The van der Waals surface area contributed by atoms with Gasteiger partial charge in [0.15, 0.2) is 0 Å². The summed E-state index contributed by atoms with van der Waals surface area (Å²) in [5.41, 5.74) is 0. The molecule has 8 nitrogen and oxygen atoms in total. The summed E-state index contributed by atoms with van der Waals surface area (Å²) >= 11 is 0. The SMILES string of the molecule is O[Si]1O[Si](O)O[Si](O)O[Si](O)O1. The fourth-order valence-corrected chi connectivity index (χ4v) is 4.94. The van der Waals surface area contributed by atoms with E-state index in [-0.39, 0.29) is 0 Å². The molecular formula is H4O8Si4. The first-order valence-corrected chi connectivity index (χ1v) is 7.58. The van der Waals surface area contributed by atoms with Gasteiger partial charge in [-0.3, -0.25) is 0 Å². The molecule has 1 aliphatic heterocycles. The van der Waals surface area contributed by atoms with Gasteiger partial charge >= 0.3 is 38.1 Å². The number of hydrogen-bond acceptors (Lipinski definition) is 8. The summed E-state index contributed by atoms with van der Waals surface area (Å²) in [4.78, 5) is 35.2. The Labute approximate surface area is 74.4 Å². The van der Waals surface area contributed by atoms with E-state index in [0.29, 0.717) is 0 Å². The van der Waals surface area contributed by atoms with Crippen LogP contribution >= 0.6 is 0 Å². The predicted molar refractivity (Wildman–Crippen MR) is 36.2 cm³/mol. The van der Waals surface area contributed by atoms with E-state index in [4.69, 9.17) is 19.2 Å². The molecule has 4 N–H and O–H groups in total. The second-order valence-corrected chi connectivity index (χ2v) is 6.87. The first kappa shape index (κ1) is 10.6. The van der Waals surface area contributed by atoms with Crippen LogP contribution in [-0.2, 0) is 16.5 Å². The molecule has 0 amide bonds. The van der Waals surface area contributed by atoms with Crippen molar-refractivity contribution in [3.05, 3.63) is 0 Å². The zero-order valence-corrected chi connectivity index (χ0v) is 9.42. The second-order valence-electron chi connectivity index (χ2n) is 1.47. The van der Waals surface area contributed by atoms with E-state index in [1.54, 1.807) is 0 Å². The van der Waals surface area contributed by atoms with Crippen LogP contribution in [0.4, 0.5) is 0 Å². The van der Waals surface area contributed by atoms with Gasteiger partial charge in [-0.05, 0) is 0 Å². The molecule has 1 heterocycles. The summed E-state index contributed by atoms with van der Waals surface area (Å²) in [6.45, 7) is 0. The maximum absolute atomic E-state index is 8.80. The lowest BCUT2D eigenvalue weighted by Gasteiger charge is -2.19. The van der Waals surface area contributed by atoms with Gasteiger partial charge in [-0.15, -0.1) is 0 Å². The van der Waals surface area contributed by atoms with Gasteiger partial charge in [-0.1, -0.05) is 0 Å². The van der Waals surface area contributed by atoms with Crippen LogP contribution in [0.2, 0.25) is 0 Å². The van der Waals surface area contributed by atoms with E-state index >= 15 is 0 Å². The van der Waals surface area contributed by atoms with Crippen LogP contribution in [0, 0.1) is 0 Å². The molecule has 12 heteroatoms. The Kier molecular flexibility index (Phi) is 4.15. The zero-order valence-electron chi connectivity index (χ0n) is 5.42. The van der Waals surface area contributed by atoms with Crippen molar-refractivity contribution in [1.29, 1.82) is 0 Å². The third-order valence-electron chi connectivity index (χ3n) is 0.698. The van der Waals surface area contributed by atoms with Crippen molar-refractivity contribution in [1.82, 2.24) is 0 Å². The first-order chi connectivity index (χ1) is 5.58. The Morgan fingerprint density at radius 2 is 0.667 bits per heavy atom. The largest absolute Gasteiger partial charge is 0.558 e. The summed E-state index contributed by atoms with van der Waals surface area (Å²) in [6.07, 6.45) is 0. The monoisotopic (exact) mass is 244 g/mol. The van der Waals surface area contributed by atoms with Gasteiger partial charge in [0.1, 0.15) is 0 Å². The van der Waals surface area contributed by atoms with Gasteiger partial charge in [0.2, 0.25) is 0 Å². The quantitative estimate of drug-likeness (QED) is 0.318. The average molecular weight is 244 g/mol. The van der Waals surface area contributed by atoms with Crippen molar-refractivity contribution in [3.63, 3.8) is 0 Å². The fourth-order valence-electron chi connectivity index (χ4n) is 0.382. The molecule has 0 bridgehead atoms. The Morgan fingerprint density at radius 3 is 0.833 bits per heavy atom. The smallest absolute Gasteiger partial charge is 0.388 e.